The van der Waals surface area contributed by atoms with Crippen LogP contribution in [-0.2, 0) is 18.4 Å². The van der Waals surface area contributed by atoms with Gasteiger partial charge in [0.1, 0.15) is 13.2 Å². The number of aliphatic hydroxyl groups is 1. The number of hydrogen-bond acceptors (Lipinski definition) is 6. The molecule has 0 aromatic rings. The number of phosphoric ester groups is 1. The van der Waals surface area contributed by atoms with E-state index < -0.39 is 20.0 Å². The molecule has 54 heavy (non-hydrogen) atoms. The molecule has 8 nitrogen and oxygen atoms in total. The molecule has 0 heterocycles. The minimum absolute atomic E-state index is 0.000752. The van der Waals surface area contributed by atoms with Gasteiger partial charge in [-0.25, -0.2) is 0 Å². The van der Waals surface area contributed by atoms with Crippen molar-refractivity contribution in [2.75, 3.05) is 40.9 Å². The number of carbonyl (C=O) groups is 1. The summed E-state index contributed by atoms with van der Waals surface area (Å²) in [5.74, 6) is -0.202. The normalized spacial score (nSPS) is 14.6. The van der Waals surface area contributed by atoms with Gasteiger partial charge in [0, 0.05) is 6.42 Å². The van der Waals surface area contributed by atoms with E-state index in [1.54, 1.807) is 6.08 Å². The second kappa shape index (κ2) is 37.6. The highest BCUT2D eigenvalue weighted by molar-refractivity contribution is 7.45. The molecule has 0 spiro atoms. The molecule has 0 bridgehead atoms. The Kier molecular flexibility index (Phi) is 36.8. The van der Waals surface area contributed by atoms with Crippen LogP contribution in [0.15, 0.2) is 24.3 Å². The molecule has 0 rings (SSSR count). The van der Waals surface area contributed by atoms with Crippen LogP contribution in [0.1, 0.15) is 206 Å². The number of amides is 1. The van der Waals surface area contributed by atoms with Crippen LogP contribution in [-0.4, -0.2) is 68.5 Å². The molecule has 3 atom stereocenters. The van der Waals surface area contributed by atoms with Gasteiger partial charge in [-0.05, 0) is 44.9 Å². The number of hydrogen-bond donors (Lipinski definition) is 2. The number of phosphoric acid groups is 1. The van der Waals surface area contributed by atoms with Crippen LogP contribution >= 0.6 is 7.82 Å². The number of aliphatic hydroxyl groups excluding tert-OH is 1. The van der Waals surface area contributed by atoms with Crippen LogP contribution < -0.4 is 10.2 Å². The van der Waals surface area contributed by atoms with E-state index in [2.05, 4.69) is 31.3 Å². The number of quaternary nitrogens is 1. The second-order valence-electron chi connectivity index (χ2n) is 16.8. The van der Waals surface area contributed by atoms with E-state index in [-0.39, 0.29) is 19.1 Å². The summed E-state index contributed by atoms with van der Waals surface area (Å²) in [5, 5.41) is 13.8. The van der Waals surface area contributed by atoms with E-state index >= 15 is 0 Å². The Labute approximate surface area is 334 Å². The molecule has 0 saturated carbocycles. The number of unbranched alkanes of at least 4 members (excludes halogenated alkanes) is 26. The lowest BCUT2D eigenvalue weighted by Crippen LogP contribution is -2.45. The van der Waals surface area contributed by atoms with Crippen molar-refractivity contribution in [3.05, 3.63) is 24.3 Å². The van der Waals surface area contributed by atoms with Gasteiger partial charge in [0.15, 0.2) is 0 Å². The fourth-order valence-electron chi connectivity index (χ4n) is 6.50. The third kappa shape index (κ3) is 39.2. The van der Waals surface area contributed by atoms with Gasteiger partial charge in [0.25, 0.3) is 7.82 Å². The molecule has 0 aliphatic carbocycles. The maximum Gasteiger partial charge on any atom is 0.268 e. The van der Waals surface area contributed by atoms with E-state index in [4.69, 9.17) is 9.05 Å². The second-order valence-corrected chi connectivity index (χ2v) is 18.2. The van der Waals surface area contributed by atoms with Crippen LogP contribution in [0.5, 0.6) is 0 Å². The number of carbonyl (C=O) groups excluding carboxylic acids is 1. The SMILES string of the molecule is CCCCCCCC/C=C/CCCCCCCCCC(=O)N[C@@H](COP(=O)([O-])OCC[N+](C)(C)C)[C@H](O)/C=C/CCCCCCCCCCCCCCC. The summed E-state index contributed by atoms with van der Waals surface area (Å²) in [6.07, 6.45) is 43.6. The Morgan fingerprint density at radius 2 is 1.02 bits per heavy atom. The van der Waals surface area contributed by atoms with Crippen molar-refractivity contribution in [1.82, 2.24) is 5.32 Å². The summed E-state index contributed by atoms with van der Waals surface area (Å²) in [6.45, 7) is 4.64. The van der Waals surface area contributed by atoms with Crippen molar-refractivity contribution in [3.63, 3.8) is 0 Å². The predicted molar refractivity (Wildman–Crippen MR) is 228 cm³/mol. The molecule has 0 fully saturated rings. The van der Waals surface area contributed by atoms with Crippen molar-refractivity contribution in [1.29, 1.82) is 0 Å². The molecule has 0 saturated heterocycles. The molecule has 0 aliphatic heterocycles. The highest BCUT2D eigenvalue weighted by Gasteiger charge is 2.23. The topological polar surface area (TPSA) is 108 Å². The molecular formula is C45H89N2O6P. The first-order chi connectivity index (χ1) is 26.0. The van der Waals surface area contributed by atoms with Gasteiger partial charge >= 0.3 is 0 Å². The van der Waals surface area contributed by atoms with Gasteiger partial charge in [-0.15, -0.1) is 0 Å². The maximum atomic E-state index is 12.8. The first-order valence-corrected chi connectivity index (χ1v) is 24.2. The van der Waals surface area contributed by atoms with Gasteiger partial charge in [-0.1, -0.05) is 179 Å². The smallest absolute Gasteiger partial charge is 0.268 e. The van der Waals surface area contributed by atoms with E-state index in [9.17, 15) is 19.4 Å². The Hall–Kier alpha value is -1.02. The lowest BCUT2D eigenvalue weighted by Gasteiger charge is -2.29. The van der Waals surface area contributed by atoms with E-state index in [0.29, 0.717) is 17.4 Å². The fourth-order valence-corrected chi connectivity index (χ4v) is 7.22. The van der Waals surface area contributed by atoms with Gasteiger partial charge in [0.2, 0.25) is 5.91 Å². The van der Waals surface area contributed by atoms with Gasteiger partial charge in [-0.2, -0.15) is 0 Å². The fraction of sp³-hybridized carbons (Fsp3) is 0.889. The van der Waals surface area contributed by atoms with Gasteiger partial charge in [-0.3, -0.25) is 9.36 Å². The Morgan fingerprint density at radius 3 is 1.44 bits per heavy atom. The largest absolute Gasteiger partial charge is 0.756 e. The summed E-state index contributed by atoms with van der Waals surface area (Å²) in [4.78, 5) is 25.3. The van der Waals surface area contributed by atoms with Crippen molar-refractivity contribution < 1.29 is 32.9 Å². The summed E-state index contributed by atoms with van der Waals surface area (Å²) in [5.41, 5.74) is 0. The number of nitrogens with zero attached hydrogens (tertiary/aromatic N) is 1. The first-order valence-electron chi connectivity index (χ1n) is 22.7. The summed E-state index contributed by atoms with van der Waals surface area (Å²) >= 11 is 0. The summed E-state index contributed by atoms with van der Waals surface area (Å²) < 4.78 is 23.2. The Bertz CT molecular complexity index is 938. The van der Waals surface area contributed by atoms with Crippen molar-refractivity contribution in [2.45, 2.75) is 219 Å². The lowest BCUT2D eigenvalue weighted by molar-refractivity contribution is -0.870. The zero-order valence-electron chi connectivity index (χ0n) is 36.2. The quantitative estimate of drug-likeness (QED) is 0.0277. The Balaban J connectivity index is 4.41. The summed E-state index contributed by atoms with van der Waals surface area (Å²) in [6, 6.07) is -0.885. The van der Waals surface area contributed by atoms with Crippen LogP contribution in [0, 0.1) is 0 Å². The average molecular weight is 785 g/mol. The van der Waals surface area contributed by atoms with E-state index in [0.717, 1.165) is 38.5 Å². The molecule has 1 amide bonds. The van der Waals surface area contributed by atoms with Crippen molar-refractivity contribution in [2.24, 2.45) is 0 Å². The summed E-state index contributed by atoms with van der Waals surface area (Å²) in [7, 11) is 1.26. The molecule has 0 aliphatic rings. The number of rotatable bonds is 41. The number of likely N-dealkylation sites (N-methyl/N-ethyl adjacent to an activating group) is 1. The van der Waals surface area contributed by atoms with Crippen LogP contribution in [0.3, 0.4) is 0 Å². The number of allylic oxidation sites excluding steroid dienone is 3. The monoisotopic (exact) mass is 785 g/mol. The molecule has 0 aromatic heterocycles. The molecular weight excluding hydrogens is 695 g/mol. The lowest BCUT2D eigenvalue weighted by atomic mass is 10.0. The highest BCUT2D eigenvalue weighted by Crippen LogP contribution is 2.38. The first kappa shape index (κ1) is 53.0. The minimum atomic E-state index is -4.58. The minimum Gasteiger partial charge on any atom is -0.756 e. The molecule has 9 heteroatoms. The third-order valence-electron chi connectivity index (χ3n) is 10.2. The zero-order valence-corrected chi connectivity index (χ0v) is 37.1. The highest BCUT2D eigenvalue weighted by atomic mass is 31.2. The van der Waals surface area contributed by atoms with Gasteiger partial charge < -0.3 is 28.8 Å². The Morgan fingerprint density at radius 1 is 0.630 bits per heavy atom. The molecule has 0 radical (unpaired) electrons. The van der Waals surface area contributed by atoms with E-state index in [1.165, 1.54) is 148 Å². The van der Waals surface area contributed by atoms with Crippen LogP contribution in [0.4, 0.5) is 0 Å². The number of nitrogens with one attached hydrogen (secondary N) is 1. The van der Waals surface area contributed by atoms with Crippen molar-refractivity contribution >= 4 is 13.7 Å². The maximum absolute atomic E-state index is 12.8. The van der Waals surface area contributed by atoms with Crippen LogP contribution in [0.25, 0.3) is 0 Å². The molecule has 2 N–H and O–H groups in total. The van der Waals surface area contributed by atoms with Crippen molar-refractivity contribution in [3.8, 4) is 0 Å². The molecule has 320 valence electrons. The van der Waals surface area contributed by atoms with Gasteiger partial charge in [0.05, 0.1) is 39.9 Å². The third-order valence-corrected chi connectivity index (χ3v) is 11.1. The zero-order chi connectivity index (χ0) is 40.0. The van der Waals surface area contributed by atoms with Crippen LogP contribution in [0.2, 0.25) is 0 Å². The average Bonchev–Trinajstić information content (AvgIpc) is 3.12. The van der Waals surface area contributed by atoms with E-state index in [1.807, 2.05) is 27.2 Å². The molecule has 1 unspecified atom stereocenters. The standard InChI is InChI=1S/C45H89N2O6P/c1-6-8-10-12-14-16-18-20-22-23-25-27-29-31-33-35-37-39-45(49)46-43(42-53-54(50,51)52-41-40-47(3,4)5)44(48)38-36-34-32-30-28-26-24-21-19-17-15-13-11-9-7-2/h20,22,36,38,43-44,48H,6-19,21,23-35,37,39-42H2,1-5H3,(H-,46,49,50,51)/b22-20+,38-36+/t43-,44+/m0/s1. The molecule has 0 aromatic carbocycles. The predicted octanol–water partition coefficient (Wildman–Crippen LogP) is 11.9.